The molecule has 0 aliphatic carbocycles. The summed E-state index contributed by atoms with van der Waals surface area (Å²) in [6.07, 6.45) is -3.66. The average Bonchev–Trinajstić information content (AvgIpc) is 2.83. The van der Waals surface area contributed by atoms with E-state index in [0.717, 1.165) is 12.5 Å². The van der Waals surface area contributed by atoms with Crippen LogP contribution in [0.25, 0.3) is 0 Å². The molecule has 1 heterocycles. The molecule has 1 N–H and O–H groups in total. The van der Waals surface area contributed by atoms with Crippen molar-refractivity contribution in [1.82, 2.24) is 0 Å². The van der Waals surface area contributed by atoms with E-state index >= 15 is 0 Å². The number of benzene rings is 1. The lowest BCUT2D eigenvalue weighted by Gasteiger charge is -2.12. The van der Waals surface area contributed by atoms with E-state index in [1.54, 1.807) is 17.4 Å². The summed E-state index contributed by atoms with van der Waals surface area (Å²) in [7, 11) is 0. The van der Waals surface area contributed by atoms with Crippen molar-refractivity contribution in [3.05, 3.63) is 51.2 Å². The number of thiophene rings is 1. The number of nitrogens with one attached hydrogen (secondary N) is 1. The largest absolute Gasteiger partial charge is 0.417 e. The standard InChI is InChI=1S/C13H11ClF3NS/c14-12-2-1-10(7-11(12)13(15,16)17)18-5-3-9-4-6-19-8-9/h1-2,4,6-8,18H,3,5H2. The van der Waals surface area contributed by atoms with Crippen molar-refractivity contribution < 1.29 is 13.2 Å². The molecule has 0 amide bonds. The molecule has 0 saturated heterocycles. The summed E-state index contributed by atoms with van der Waals surface area (Å²) in [5.41, 5.74) is 0.782. The van der Waals surface area contributed by atoms with Crippen LogP contribution in [0.2, 0.25) is 5.02 Å². The Kier molecular flexibility index (Phi) is 4.37. The van der Waals surface area contributed by atoms with Gasteiger partial charge in [-0.1, -0.05) is 11.6 Å². The fraction of sp³-hybridized carbons (Fsp3) is 0.231. The molecule has 19 heavy (non-hydrogen) atoms. The summed E-state index contributed by atoms with van der Waals surface area (Å²) < 4.78 is 38.0. The lowest BCUT2D eigenvalue weighted by Crippen LogP contribution is -2.09. The summed E-state index contributed by atoms with van der Waals surface area (Å²) in [4.78, 5) is 0. The first-order chi connectivity index (χ1) is 8.97. The minimum Gasteiger partial charge on any atom is -0.385 e. The van der Waals surface area contributed by atoms with Crippen LogP contribution >= 0.6 is 22.9 Å². The molecule has 0 aliphatic heterocycles. The molecule has 0 aliphatic rings. The lowest BCUT2D eigenvalue weighted by molar-refractivity contribution is -0.137. The smallest absolute Gasteiger partial charge is 0.385 e. The molecule has 2 rings (SSSR count). The van der Waals surface area contributed by atoms with Crippen molar-refractivity contribution in [1.29, 1.82) is 0 Å². The van der Waals surface area contributed by atoms with Crippen molar-refractivity contribution in [2.45, 2.75) is 12.6 Å². The zero-order valence-electron chi connectivity index (χ0n) is 9.80. The summed E-state index contributed by atoms with van der Waals surface area (Å²) in [6.45, 7) is 0.579. The molecule has 0 unspecified atom stereocenters. The fourth-order valence-electron chi connectivity index (χ4n) is 1.64. The zero-order chi connectivity index (χ0) is 13.9. The van der Waals surface area contributed by atoms with Gasteiger partial charge in [0.05, 0.1) is 10.6 Å². The van der Waals surface area contributed by atoms with E-state index in [0.29, 0.717) is 12.2 Å². The Morgan fingerprint density at radius 3 is 2.63 bits per heavy atom. The molecule has 6 heteroatoms. The Hall–Kier alpha value is -1.20. The molecule has 1 aromatic heterocycles. The molecule has 0 spiro atoms. The van der Waals surface area contributed by atoms with Crippen molar-refractivity contribution in [3.63, 3.8) is 0 Å². The van der Waals surface area contributed by atoms with Gasteiger partial charge in [-0.25, -0.2) is 0 Å². The van der Waals surface area contributed by atoms with E-state index in [9.17, 15) is 13.2 Å². The molecule has 0 fully saturated rings. The first-order valence-corrected chi connectivity index (χ1v) is 6.90. The van der Waals surface area contributed by atoms with Crippen LogP contribution in [0.4, 0.5) is 18.9 Å². The minimum atomic E-state index is -4.43. The summed E-state index contributed by atoms with van der Waals surface area (Å²) in [6, 6.07) is 5.84. The molecule has 1 nitrogen and oxygen atoms in total. The molecule has 0 radical (unpaired) electrons. The summed E-state index contributed by atoms with van der Waals surface area (Å²) in [5, 5.41) is 6.68. The van der Waals surface area contributed by atoms with E-state index in [4.69, 9.17) is 11.6 Å². The first kappa shape index (κ1) is 14.2. The van der Waals surface area contributed by atoms with E-state index in [2.05, 4.69) is 5.32 Å². The minimum absolute atomic E-state index is 0.282. The van der Waals surface area contributed by atoms with Gasteiger partial charge in [0.2, 0.25) is 0 Å². The first-order valence-electron chi connectivity index (χ1n) is 5.58. The van der Waals surface area contributed by atoms with Crippen molar-refractivity contribution in [2.24, 2.45) is 0 Å². The van der Waals surface area contributed by atoms with Gasteiger partial charge in [-0.3, -0.25) is 0 Å². The Balaban J connectivity index is 2.01. The maximum atomic E-state index is 12.7. The summed E-state index contributed by atoms with van der Waals surface area (Å²) >= 11 is 7.15. The van der Waals surface area contributed by atoms with Crippen LogP contribution in [-0.4, -0.2) is 6.54 Å². The quantitative estimate of drug-likeness (QED) is 0.831. The predicted octanol–water partition coefficient (Wildman–Crippen LogP) is 5.07. The van der Waals surface area contributed by atoms with Gasteiger partial charge in [0.1, 0.15) is 0 Å². The van der Waals surface area contributed by atoms with Crippen LogP contribution in [0, 0.1) is 0 Å². The molecular weight excluding hydrogens is 295 g/mol. The topological polar surface area (TPSA) is 12.0 Å². The number of halogens is 4. The van der Waals surface area contributed by atoms with E-state index < -0.39 is 11.7 Å². The second kappa shape index (κ2) is 5.84. The number of hydrogen-bond donors (Lipinski definition) is 1. The van der Waals surface area contributed by atoms with Gasteiger partial charge >= 0.3 is 6.18 Å². The monoisotopic (exact) mass is 305 g/mol. The fourth-order valence-corrected chi connectivity index (χ4v) is 2.57. The Labute approximate surface area is 118 Å². The van der Waals surface area contributed by atoms with Crippen LogP contribution in [0.1, 0.15) is 11.1 Å². The maximum absolute atomic E-state index is 12.7. The van der Waals surface area contributed by atoms with Gasteiger partial charge in [0, 0.05) is 12.2 Å². The van der Waals surface area contributed by atoms with Gasteiger partial charge in [-0.15, -0.1) is 0 Å². The third kappa shape index (κ3) is 3.88. The van der Waals surface area contributed by atoms with Gasteiger partial charge in [-0.2, -0.15) is 24.5 Å². The average molecular weight is 306 g/mol. The molecule has 2 aromatic rings. The third-order valence-electron chi connectivity index (χ3n) is 2.59. The second-order valence-electron chi connectivity index (χ2n) is 4.00. The van der Waals surface area contributed by atoms with Crippen LogP contribution in [0.15, 0.2) is 35.0 Å². The molecule has 1 aromatic carbocycles. The SMILES string of the molecule is FC(F)(F)c1cc(NCCc2ccsc2)ccc1Cl. The molecule has 0 atom stereocenters. The van der Waals surface area contributed by atoms with Crippen LogP contribution in [-0.2, 0) is 12.6 Å². The summed E-state index contributed by atoms with van der Waals surface area (Å²) in [5.74, 6) is 0. The van der Waals surface area contributed by atoms with Crippen LogP contribution in [0.3, 0.4) is 0 Å². The van der Waals surface area contributed by atoms with Crippen LogP contribution in [0.5, 0.6) is 0 Å². The van der Waals surface area contributed by atoms with Gasteiger partial charge in [-0.05, 0) is 47.0 Å². The molecule has 0 bridgehead atoms. The predicted molar refractivity (Wildman–Crippen MR) is 73.0 cm³/mol. The van der Waals surface area contributed by atoms with Gasteiger partial charge < -0.3 is 5.32 Å². The molecular formula is C13H11ClF3NS. The Morgan fingerprint density at radius 1 is 1.21 bits per heavy atom. The number of hydrogen-bond acceptors (Lipinski definition) is 2. The van der Waals surface area contributed by atoms with Crippen molar-refractivity contribution >= 4 is 28.6 Å². The van der Waals surface area contributed by atoms with Gasteiger partial charge in [0.25, 0.3) is 0 Å². The normalized spacial score (nSPS) is 11.6. The number of alkyl halides is 3. The lowest BCUT2D eigenvalue weighted by atomic mass is 10.2. The number of anilines is 1. The van der Waals surface area contributed by atoms with Crippen LogP contribution < -0.4 is 5.32 Å². The van der Waals surface area contributed by atoms with Crippen molar-refractivity contribution in [2.75, 3.05) is 11.9 Å². The van der Waals surface area contributed by atoms with E-state index in [-0.39, 0.29) is 5.02 Å². The zero-order valence-corrected chi connectivity index (χ0v) is 11.4. The Bertz CT molecular complexity index is 537. The number of rotatable bonds is 4. The Morgan fingerprint density at radius 2 is 2.00 bits per heavy atom. The van der Waals surface area contributed by atoms with Gasteiger partial charge in [0.15, 0.2) is 0 Å². The highest BCUT2D eigenvalue weighted by molar-refractivity contribution is 7.07. The highest BCUT2D eigenvalue weighted by Crippen LogP contribution is 2.36. The van der Waals surface area contributed by atoms with E-state index in [1.165, 1.54) is 11.6 Å². The van der Waals surface area contributed by atoms with Crippen molar-refractivity contribution in [3.8, 4) is 0 Å². The maximum Gasteiger partial charge on any atom is 0.417 e. The molecule has 0 saturated carbocycles. The second-order valence-corrected chi connectivity index (χ2v) is 5.19. The highest BCUT2D eigenvalue weighted by atomic mass is 35.5. The van der Waals surface area contributed by atoms with E-state index in [1.807, 2.05) is 16.8 Å². The highest BCUT2D eigenvalue weighted by Gasteiger charge is 2.33. The molecule has 102 valence electrons. The third-order valence-corrected chi connectivity index (χ3v) is 3.66.